The number of carbonyl (C=O) groups is 1. The van der Waals surface area contributed by atoms with Gasteiger partial charge in [-0.05, 0) is 66.6 Å². The van der Waals surface area contributed by atoms with Crippen LogP contribution in [-0.4, -0.2) is 39.4 Å². The Kier molecular flexibility index (Phi) is 6.50. The minimum atomic E-state index is -0.596. The lowest BCUT2D eigenvalue weighted by molar-refractivity contribution is -0.143. The number of tetrazole rings is 1. The van der Waals surface area contributed by atoms with Crippen LogP contribution in [0.25, 0.3) is 0 Å². The molecule has 0 fully saturated rings. The van der Waals surface area contributed by atoms with E-state index in [0.717, 1.165) is 11.1 Å². The molecule has 0 aliphatic carbocycles. The van der Waals surface area contributed by atoms with Crippen LogP contribution in [0.4, 0.5) is 5.95 Å². The van der Waals surface area contributed by atoms with Crippen molar-refractivity contribution >= 4 is 23.5 Å². The minimum Gasteiger partial charge on any atom is -0.493 e. The number of ether oxygens (including phenoxy) is 3. The molecule has 0 bridgehead atoms. The summed E-state index contributed by atoms with van der Waals surface area (Å²) >= 11 is 5.95. The number of nitrogens with zero attached hydrogens (tertiary/aromatic N) is 4. The molecule has 1 N–H and O–H groups in total. The van der Waals surface area contributed by atoms with Gasteiger partial charge in [0.25, 0.3) is 0 Å². The van der Waals surface area contributed by atoms with E-state index in [9.17, 15) is 4.79 Å². The van der Waals surface area contributed by atoms with Crippen molar-refractivity contribution in [3.63, 3.8) is 0 Å². The van der Waals surface area contributed by atoms with Crippen LogP contribution in [-0.2, 0) is 16.1 Å². The van der Waals surface area contributed by atoms with Gasteiger partial charge in [0.2, 0.25) is 5.95 Å². The first-order valence-electron chi connectivity index (χ1n) is 10.4. The molecule has 0 saturated carbocycles. The van der Waals surface area contributed by atoms with Crippen LogP contribution < -0.4 is 14.8 Å². The largest absolute Gasteiger partial charge is 0.493 e. The Labute approximate surface area is 196 Å². The van der Waals surface area contributed by atoms with Gasteiger partial charge in [-0.2, -0.15) is 4.68 Å². The molecule has 9 nitrogen and oxygen atoms in total. The molecule has 10 heteroatoms. The van der Waals surface area contributed by atoms with E-state index in [0.29, 0.717) is 40.3 Å². The molecule has 2 aromatic carbocycles. The lowest BCUT2D eigenvalue weighted by Crippen LogP contribution is -2.30. The predicted octanol–water partition coefficient (Wildman–Crippen LogP) is 4.15. The van der Waals surface area contributed by atoms with Gasteiger partial charge in [-0.25, -0.2) is 4.79 Å². The van der Waals surface area contributed by atoms with Gasteiger partial charge in [0.05, 0.1) is 18.8 Å². The maximum atomic E-state index is 13.0. The Bertz CT molecular complexity index is 1190. The van der Waals surface area contributed by atoms with E-state index in [1.807, 2.05) is 36.4 Å². The first-order chi connectivity index (χ1) is 15.9. The van der Waals surface area contributed by atoms with E-state index in [4.69, 9.17) is 25.8 Å². The van der Waals surface area contributed by atoms with Crippen LogP contribution >= 0.6 is 11.6 Å². The van der Waals surface area contributed by atoms with E-state index in [-0.39, 0.29) is 6.10 Å². The van der Waals surface area contributed by atoms with E-state index in [1.54, 1.807) is 38.6 Å². The second-order valence-electron chi connectivity index (χ2n) is 7.79. The van der Waals surface area contributed by atoms with E-state index in [2.05, 4.69) is 20.8 Å². The van der Waals surface area contributed by atoms with E-state index in [1.165, 1.54) is 0 Å². The van der Waals surface area contributed by atoms with Crippen molar-refractivity contribution in [2.45, 2.75) is 39.5 Å². The van der Waals surface area contributed by atoms with Crippen LogP contribution in [0.3, 0.4) is 0 Å². The summed E-state index contributed by atoms with van der Waals surface area (Å²) < 4.78 is 18.6. The number of methoxy groups -OCH3 is 1. The van der Waals surface area contributed by atoms with Crippen molar-refractivity contribution < 1.29 is 19.0 Å². The summed E-state index contributed by atoms with van der Waals surface area (Å²) in [5, 5.41) is 15.6. The van der Waals surface area contributed by atoms with E-state index < -0.39 is 12.0 Å². The monoisotopic (exact) mass is 469 g/mol. The summed E-state index contributed by atoms with van der Waals surface area (Å²) in [7, 11) is 1.56. The second kappa shape index (κ2) is 9.50. The number of rotatable bonds is 7. The minimum absolute atomic E-state index is 0.271. The highest BCUT2D eigenvalue weighted by Crippen LogP contribution is 2.39. The SMILES string of the molecule is COc1cc(C2C(C(=O)OC(C)C)=C(C)Nc3nnnn32)ccc1OCc1ccc(Cl)cc1. The molecule has 0 spiro atoms. The lowest BCUT2D eigenvalue weighted by atomic mass is 9.95. The molecule has 1 aromatic heterocycles. The Balaban J connectivity index is 1.67. The third kappa shape index (κ3) is 4.78. The average Bonchev–Trinajstić information content (AvgIpc) is 3.25. The topological polar surface area (TPSA) is 100 Å². The van der Waals surface area contributed by atoms with Crippen molar-refractivity contribution in [1.29, 1.82) is 0 Å². The fourth-order valence-electron chi connectivity index (χ4n) is 3.58. The van der Waals surface area contributed by atoms with Crippen molar-refractivity contribution in [2.75, 3.05) is 12.4 Å². The zero-order valence-electron chi connectivity index (χ0n) is 18.7. The second-order valence-corrected chi connectivity index (χ2v) is 8.23. The molecule has 1 aliphatic rings. The summed E-state index contributed by atoms with van der Waals surface area (Å²) in [5.74, 6) is 1.07. The number of hydrogen-bond donors (Lipinski definition) is 1. The van der Waals surface area contributed by atoms with Crippen LogP contribution in [0.15, 0.2) is 53.7 Å². The maximum absolute atomic E-state index is 13.0. The standard InChI is InChI=1S/C23H24ClN5O4/c1-13(2)33-22(30)20-14(3)25-23-26-27-28-29(23)21(20)16-7-10-18(19(11-16)31-4)32-12-15-5-8-17(24)9-6-15/h5-11,13,21H,12H2,1-4H3,(H,25,26,28). The van der Waals surface area contributed by atoms with Crippen LogP contribution in [0.1, 0.15) is 37.9 Å². The summed E-state index contributed by atoms with van der Waals surface area (Å²) in [6.45, 7) is 5.75. The first-order valence-corrected chi connectivity index (χ1v) is 10.8. The molecule has 0 saturated heterocycles. The number of carbonyl (C=O) groups excluding carboxylic acids is 1. The quantitative estimate of drug-likeness (QED) is 0.515. The van der Waals surface area contributed by atoms with Crippen LogP contribution in [0, 0.1) is 0 Å². The fraction of sp³-hybridized carbons (Fsp3) is 0.304. The fourth-order valence-corrected chi connectivity index (χ4v) is 3.70. The first kappa shape index (κ1) is 22.6. The summed E-state index contributed by atoms with van der Waals surface area (Å²) in [6, 6.07) is 12.3. The molecule has 1 aliphatic heterocycles. The van der Waals surface area contributed by atoms with Crippen LogP contribution in [0.2, 0.25) is 5.02 Å². The zero-order chi connectivity index (χ0) is 23.5. The molecule has 0 radical (unpaired) electrons. The van der Waals surface area contributed by atoms with Crippen molar-refractivity contribution in [3.8, 4) is 11.5 Å². The molecule has 1 unspecified atom stereocenters. The maximum Gasteiger partial charge on any atom is 0.338 e. The number of nitrogens with one attached hydrogen (secondary N) is 1. The summed E-state index contributed by atoms with van der Waals surface area (Å²) in [6.07, 6.45) is -0.271. The van der Waals surface area contributed by atoms with E-state index >= 15 is 0 Å². The molecule has 4 rings (SSSR count). The molecule has 1 atom stereocenters. The van der Waals surface area contributed by atoms with Crippen molar-refractivity contribution in [1.82, 2.24) is 20.2 Å². The number of hydrogen-bond acceptors (Lipinski definition) is 8. The Morgan fingerprint density at radius 1 is 1.18 bits per heavy atom. The third-order valence-electron chi connectivity index (χ3n) is 5.09. The van der Waals surface area contributed by atoms with Gasteiger partial charge in [-0.15, -0.1) is 0 Å². The summed E-state index contributed by atoms with van der Waals surface area (Å²) in [4.78, 5) is 13.0. The average molecular weight is 470 g/mol. The van der Waals surface area contributed by atoms with Gasteiger partial charge in [0.1, 0.15) is 12.6 Å². The zero-order valence-corrected chi connectivity index (χ0v) is 19.5. The van der Waals surface area contributed by atoms with Gasteiger partial charge in [-0.3, -0.25) is 0 Å². The van der Waals surface area contributed by atoms with Crippen molar-refractivity contribution in [3.05, 3.63) is 69.9 Å². The molecular weight excluding hydrogens is 446 g/mol. The Morgan fingerprint density at radius 3 is 2.64 bits per heavy atom. The number of esters is 1. The molecule has 3 aromatic rings. The van der Waals surface area contributed by atoms with Gasteiger partial charge in [-0.1, -0.05) is 34.9 Å². The number of benzene rings is 2. The van der Waals surface area contributed by atoms with Crippen LogP contribution in [0.5, 0.6) is 11.5 Å². The number of aromatic nitrogens is 4. The highest BCUT2D eigenvalue weighted by Gasteiger charge is 2.35. The lowest BCUT2D eigenvalue weighted by Gasteiger charge is -2.28. The van der Waals surface area contributed by atoms with Crippen molar-refractivity contribution in [2.24, 2.45) is 0 Å². The molecule has 0 amide bonds. The number of allylic oxidation sites excluding steroid dienone is 1. The smallest absolute Gasteiger partial charge is 0.338 e. The van der Waals surface area contributed by atoms with Gasteiger partial charge in [0.15, 0.2) is 11.5 Å². The number of halogens is 1. The molecule has 33 heavy (non-hydrogen) atoms. The molecule has 2 heterocycles. The molecule has 172 valence electrons. The normalized spacial score (nSPS) is 15.2. The Hall–Kier alpha value is -3.59. The molecular formula is C23H24ClN5O4. The van der Waals surface area contributed by atoms with Gasteiger partial charge >= 0.3 is 5.97 Å². The highest BCUT2D eigenvalue weighted by molar-refractivity contribution is 6.30. The third-order valence-corrected chi connectivity index (χ3v) is 5.34. The summed E-state index contributed by atoms with van der Waals surface area (Å²) in [5.41, 5.74) is 2.76. The van der Waals surface area contributed by atoms with Gasteiger partial charge < -0.3 is 19.5 Å². The highest BCUT2D eigenvalue weighted by atomic mass is 35.5. The Morgan fingerprint density at radius 2 is 1.94 bits per heavy atom. The number of fused-ring (bicyclic) bond motifs is 1. The number of anilines is 1. The van der Waals surface area contributed by atoms with Gasteiger partial charge in [0, 0.05) is 10.7 Å². The predicted molar refractivity (Wildman–Crippen MR) is 122 cm³/mol.